The van der Waals surface area contributed by atoms with Crippen molar-refractivity contribution in [3.63, 3.8) is 0 Å². The largest absolute Gasteiger partial charge is 0.245 e. The molecular weight excluding hydrogens is 236 g/mol. The van der Waals surface area contributed by atoms with Crippen LogP contribution in [0.4, 0.5) is 5.95 Å². The Morgan fingerprint density at radius 2 is 1.74 bits per heavy atom. The number of aryl methyl sites for hydroxylation is 2. The number of hydrazone groups is 1. The number of hydrogen-bond acceptors (Lipinski definition) is 4. The smallest absolute Gasteiger partial charge is 0.243 e. The Morgan fingerprint density at radius 1 is 1.11 bits per heavy atom. The van der Waals surface area contributed by atoms with Crippen molar-refractivity contribution in [1.29, 1.82) is 0 Å². The zero-order valence-electron chi connectivity index (χ0n) is 11.5. The predicted octanol–water partition coefficient (Wildman–Crippen LogP) is 3.32. The molecule has 0 radical (unpaired) electrons. The molecular formula is C15H18N4. The van der Waals surface area contributed by atoms with Gasteiger partial charge >= 0.3 is 0 Å². The second kappa shape index (κ2) is 6.09. The van der Waals surface area contributed by atoms with Crippen LogP contribution in [0.2, 0.25) is 0 Å². The highest BCUT2D eigenvalue weighted by Crippen LogP contribution is 2.07. The molecule has 98 valence electrons. The highest BCUT2D eigenvalue weighted by atomic mass is 15.4. The van der Waals surface area contributed by atoms with E-state index in [1.807, 2.05) is 50.2 Å². The van der Waals surface area contributed by atoms with Gasteiger partial charge in [-0.25, -0.2) is 15.4 Å². The number of nitrogens with zero attached hydrogens (tertiary/aromatic N) is 3. The first-order valence-electron chi connectivity index (χ1n) is 6.39. The fraction of sp³-hybridized carbons (Fsp3) is 0.267. The molecule has 1 aromatic heterocycles. The number of nitrogens with one attached hydrogen (secondary N) is 1. The highest BCUT2D eigenvalue weighted by molar-refractivity contribution is 6.00. The van der Waals surface area contributed by atoms with E-state index in [4.69, 9.17) is 0 Å². The van der Waals surface area contributed by atoms with Crippen LogP contribution in [0, 0.1) is 13.8 Å². The number of anilines is 1. The maximum atomic E-state index is 4.41. The van der Waals surface area contributed by atoms with E-state index in [9.17, 15) is 0 Å². The summed E-state index contributed by atoms with van der Waals surface area (Å²) in [7, 11) is 0. The molecule has 1 aromatic carbocycles. The van der Waals surface area contributed by atoms with Crippen molar-refractivity contribution in [3.05, 3.63) is 53.3 Å². The van der Waals surface area contributed by atoms with Crippen LogP contribution >= 0.6 is 0 Å². The lowest BCUT2D eigenvalue weighted by molar-refractivity contribution is 1.03. The summed E-state index contributed by atoms with van der Waals surface area (Å²) in [6, 6.07) is 12.0. The number of aromatic nitrogens is 2. The molecule has 0 saturated heterocycles. The molecule has 2 aromatic rings. The maximum absolute atomic E-state index is 4.41. The van der Waals surface area contributed by atoms with Gasteiger partial charge in [0.25, 0.3) is 0 Å². The molecule has 4 nitrogen and oxygen atoms in total. The molecule has 0 atom stereocenters. The van der Waals surface area contributed by atoms with Gasteiger partial charge in [-0.05, 0) is 31.9 Å². The van der Waals surface area contributed by atoms with Crippen LogP contribution in [0.25, 0.3) is 0 Å². The van der Waals surface area contributed by atoms with E-state index in [1.54, 1.807) is 0 Å². The van der Waals surface area contributed by atoms with Gasteiger partial charge in [0.2, 0.25) is 5.95 Å². The summed E-state index contributed by atoms with van der Waals surface area (Å²) < 4.78 is 0. The summed E-state index contributed by atoms with van der Waals surface area (Å²) in [5.41, 5.74) is 6.91. The molecule has 19 heavy (non-hydrogen) atoms. The fourth-order valence-corrected chi connectivity index (χ4v) is 1.87. The van der Waals surface area contributed by atoms with Crippen molar-refractivity contribution in [2.75, 3.05) is 5.43 Å². The topological polar surface area (TPSA) is 50.2 Å². The van der Waals surface area contributed by atoms with Crippen molar-refractivity contribution in [2.45, 2.75) is 27.2 Å². The SMILES string of the molecule is CC/C(=N/Nc1nc(C)cc(C)n1)c1ccccc1. The van der Waals surface area contributed by atoms with E-state index in [0.29, 0.717) is 5.95 Å². The molecule has 0 aliphatic heterocycles. The van der Waals surface area contributed by atoms with E-state index >= 15 is 0 Å². The summed E-state index contributed by atoms with van der Waals surface area (Å²) >= 11 is 0. The lowest BCUT2D eigenvalue weighted by Gasteiger charge is -2.06. The van der Waals surface area contributed by atoms with Gasteiger partial charge in [0.1, 0.15) is 0 Å². The summed E-state index contributed by atoms with van der Waals surface area (Å²) in [4.78, 5) is 8.61. The van der Waals surface area contributed by atoms with Gasteiger partial charge in [-0.3, -0.25) is 0 Å². The maximum Gasteiger partial charge on any atom is 0.243 e. The number of rotatable bonds is 4. The van der Waals surface area contributed by atoms with E-state index < -0.39 is 0 Å². The molecule has 0 aliphatic rings. The number of benzene rings is 1. The molecule has 0 bridgehead atoms. The van der Waals surface area contributed by atoms with Gasteiger partial charge in [-0.15, -0.1) is 0 Å². The lowest BCUT2D eigenvalue weighted by Crippen LogP contribution is -2.05. The average Bonchev–Trinajstić information content (AvgIpc) is 2.39. The first-order valence-corrected chi connectivity index (χ1v) is 6.39. The van der Waals surface area contributed by atoms with Crippen LogP contribution in [0.15, 0.2) is 41.5 Å². The second-order valence-electron chi connectivity index (χ2n) is 4.36. The standard InChI is InChI=1S/C15H18N4/c1-4-14(13-8-6-5-7-9-13)18-19-15-16-11(2)10-12(3)17-15/h5-10H,4H2,1-3H3,(H,16,17,19)/b18-14-. The Labute approximate surface area is 113 Å². The first kappa shape index (κ1) is 13.2. The third kappa shape index (κ3) is 3.61. The summed E-state index contributed by atoms with van der Waals surface area (Å²) in [6.07, 6.45) is 0.849. The average molecular weight is 254 g/mol. The molecule has 1 N–H and O–H groups in total. The summed E-state index contributed by atoms with van der Waals surface area (Å²) in [6.45, 7) is 5.97. The van der Waals surface area contributed by atoms with Crippen LogP contribution in [0.3, 0.4) is 0 Å². The Balaban J connectivity index is 2.20. The van der Waals surface area contributed by atoms with Crippen LogP contribution in [-0.2, 0) is 0 Å². The van der Waals surface area contributed by atoms with Crippen LogP contribution in [0.1, 0.15) is 30.3 Å². The summed E-state index contributed by atoms with van der Waals surface area (Å²) in [5, 5.41) is 4.41. The molecule has 1 heterocycles. The van der Waals surface area contributed by atoms with Gasteiger partial charge in [0, 0.05) is 11.4 Å². The molecule has 0 amide bonds. The van der Waals surface area contributed by atoms with Gasteiger partial charge < -0.3 is 0 Å². The number of hydrogen-bond donors (Lipinski definition) is 1. The van der Waals surface area contributed by atoms with Crippen molar-refractivity contribution in [1.82, 2.24) is 9.97 Å². The Kier molecular flexibility index (Phi) is 4.23. The van der Waals surface area contributed by atoms with Crippen LogP contribution in [0.5, 0.6) is 0 Å². The normalized spacial score (nSPS) is 11.4. The minimum absolute atomic E-state index is 0.541. The molecule has 0 spiro atoms. The molecule has 0 aliphatic carbocycles. The van der Waals surface area contributed by atoms with Gasteiger partial charge in [-0.1, -0.05) is 37.3 Å². The Morgan fingerprint density at radius 3 is 2.32 bits per heavy atom. The summed E-state index contributed by atoms with van der Waals surface area (Å²) in [5.74, 6) is 0.541. The van der Waals surface area contributed by atoms with E-state index in [1.165, 1.54) is 0 Å². The van der Waals surface area contributed by atoms with Gasteiger partial charge in [0.15, 0.2) is 0 Å². The molecule has 0 unspecified atom stereocenters. The zero-order chi connectivity index (χ0) is 13.7. The van der Waals surface area contributed by atoms with E-state index in [2.05, 4.69) is 27.4 Å². The monoisotopic (exact) mass is 254 g/mol. The highest BCUT2D eigenvalue weighted by Gasteiger charge is 2.02. The van der Waals surface area contributed by atoms with Crippen molar-refractivity contribution in [2.24, 2.45) is 5.10 Å². The van der Waals surface area contributed by atoms with E-state index in [0.717, 1.165) is 29.1 Å². The van der Waals surface area contributed by atoms with Crippen LogP contribution in [-0.4, -0.2) is 15.7 Å². The minimum Gasteiger partial charge on any atom is -0.245 e. The zero-order valence-corrected chi connectivity index (χ0v) is 11.5. The van der Waals surface area contributed by atoms with Gasteiger partial charge in [0.05, 0.1) is 5.71 Å². The Bertz CT molecular complexity index is 556. The fourth-order valence-electron chi connectivity index (χ4n) is 1.87. The van der Waals surface area contributed by atoms with Crippen LogP contribution < -0.4 is 5.43 Å². The quantitative estimate of drug-likeness (QED) is 0.672. The predicted molar refractivity (Wildman–Crippen MR) is 78.4 cm³/mol. The van der Waals surface area contributed by atoms with Crippen molar-refractivity contribution >= 4 is 11.7 Å². The molecule has 0 fully saturated rings. The second-order valence-corrected chi connectivity index (χ2v) is 4.36. The minimum atomic E-state index is 0.541. The molecule has 0 saturated carbocycles. The first-order chi connectivity index (χ1) is 9.19. The third-order valence-electron chi connectivity index (χ3n) is 2.72. The molecule has 2 rings (SSSR count). The molecule has 4 heteroatoms. The van der Waals surface area contributed by atoms with Gasteiger partial charge in [-0.2, -0.15) is 5.10 Å². The van der Waals surface area contributed by atoms with Crippen molar-refractivity contribution in [3.8, 4) is 0 Å². The lowest BCUT2D eigenvalue weighted by atomic mass is 10.1. The van der Waals surface area contributed by atoms with E-state index in [-0.39, 0.29) is 0 Å². The third-order valence-corrected chi connectivity index (χ3v) is 2.72. The Hall–Kier alpha value is -2.23. The van der Waals surface area contributed by atoms with Crippen molar-refractivity contribution < 1.29 is 0 Å².